The van der Waals surface area contributed by atoms with Gasteiger partial charge in [0, 0.05) is 24.7 Å². The minimum Gasteiger partial charge on any atom is -0.338 e. The topological polar surface area (TPSA) is 32.3 Å². The summed E-state index contributed by atoms with van der Waals surface area (Å²) in [7, 11) is 0. The zero-order valence-corrected chi connectivity index (χ0v) is 13.7. The normalized spacial score (nSPS) is 22.0. The van der Waals surface area contributed by atoms with Crippen LogP contribution >= 0.6 is 11.6 Å². The van der Waals surface area contributed by atoms with Crippen molar-refractivity contribution in [3.8, 4) is 0 Å². The van der Waals surface area contributed by atoms with Crippen LogP contribution in [0.2, 0.25) is 5.02 Å². The lowest BCUT2D eigenvalue weighted by molar-refractivity contribution is -0.144. The second-order valence-electron chi connectivity index (χ2n) is 5.82. The van der Waals surface area contributed by atoms with Crippen molar-refractivity contribution in [3.63, 3.8) is 0 Å². The Morgan fingerprint density at radius 2 is 2.14 bits per heavy atom. The molecule has 0 aromatic heterocycles. The van der Waals surface area contributed by atoms with E-state index >= 15 is 0 Å². The second kappa shape index (κ2) is 7.28. The van der Waals surface area contributed by atoms with E-state index in [9.17, 15) is 4.79 Å². The number of nitrogens with one attached hydrogen (secondary N) is 1. The van der Waals surface area contributed by atoms with E-state index in [1.807, 2.05) is 36.1 Å². The lowest BCUT2D eigenvalue weighted by Crippen LogP contribution is -2.51. The summed E-state index contributed by atoms with van der Waals surface area (Å²) in [6, 6.07) is 7.77. The molecule has 0 radical (unpaired) electrons. The number of piperidine rings is 1. The number of halogens is 1. The maximum atomic E-state index is 13.0. The number of carbonyl (C=O) groups is 1. The van der Waals surface area contributed by atoms with E-state index in [-0.39, 0.29) is 11.3 Å². The molecule has 0 spiro atoms. The summed E-state index contributed by atoms with van der Waals surface area (Å²) in [4.78, 5) is 15.0. The molecule has 1 aromatic carbocycles. The van der Waals surface area contributed by atoms with Crippen LogP contribution in [0.5, 0.6) is 0 Å². The third-order valence-corrected chi connectivity index (χ3v) is 4.96. The summed E-state index contributed by atoms with van der Waals surface area (Å²) in [5, 5.41) is 4.12. The highest BCUT2D eigenvalue weighted by Crippen LogP contribution is 2.33. The van der Waals surface area contributed by atoms with Crippen molar-refractivity contribution in [2.75, 3.05) is 19.6 Å². The molecule has 1 amide bonds. The van der Waals surface area contributed by atoms with Gasteiger partial charge in [0.15, 0.2) is 0 Å². The van der Waals surface area contributed by atoms with E-state index in [1.165, 1.54) is 0 Å². The quantitative estimate of drug-likeness (QED) is 0.903. The Morgan fingerprint density at radius 1 is 1.38 bits per heavy atom. The molecule has 0 bridgehead atoms. The van der Waals surface area contributed by atoms with Gasteiger partial charge in [-0.1, -0.05) is 36.7 Å². The third kappa shape index (κ3) is 3.58. The summed E-state index contributed by atoms with van der Waals surface area (Å²) >= 11 is 6.23. The average Bonchev–Trinajstić information content (AvgIpc) is 2.54. The summed E-state index contributed by atoms with van der Waals surface area (Å²) in [5.74, 6) is 0.264. The minimum absolute atomic E-state index is 0.241. The second-order valence-corrected chi connectivity index (χ2v) is 6.23. The molecule has 3 nitrogen and oxygen atoms in total. The van der Waals surface area contributed by atoms with Crippen LogP contribution in [0.3, 0.4) is 0 Å². The molecule has 1 saturated heterocycles. The number of nitrogens with zero attached hydrogens (tertiary/aromatic N) is 1. The SMILES string of the molecule is CCN(Cc1ccccc1Cl)C(=O)C1(CC)CCCNC1. The Morgan fingerprint density at radius 3 is 2.71 bits per heavy atom. The maximum Gasteiger partial charge on any atom is 0.230 e. The van der Waals surface area contributed by atoms with Crippen LogP contribution in [0.1, 0.15) is 38.7 Å². The van der Waals surface area contributed by atoms with Crippen molar-refractivity contribution < 1.29 is 4.79 Å². The van der Waals surface area contributed by atoms with Gasteiger partial charge in [0.1, 0.15) is 0 Å². The predicted octanol–water partition coefficient (Wildman–Crippen LogP) is 3.47. The van der Waals surface area contributed by atoms with Gasteiger partial charge in [-0.3, -0.25) is 4.79 Å². The van der Waals surface area contributed by atoms with Gasteiger partial charge in [-0.05, 0) is 44.4 Å². The fraction of sp³-hybridized carbons (Fsp3) is 0.588. The fourth-order valence-electron chi connectivity index (χ4n) is 3.10. The molecule has 116 valence electrons. The summed E-state index contributed by atoms with van der Waals surface area (Å²) in [5.41, 5.74) is 0.777. The molecule has 1 aromatic rings. The highest BCUT2D eigenvalue weighted by atomic mass is 35.5. The number of benzene rings is 1. The highest BCUT2D eigenvalue weighted by molar-refractivity contribution is 6.31. The van der Waals surface area contributed by atoms with E-state index < -0.39 is 0 Å². The molecule has 1 heterocycles. The molecule has 1 unspecified atom stereocenters. The molecule has 1 aliphatic heterocycles. The van der Waals surface area contributed by atoms with Gasteiger partial charge >= 0.3 is 0 Å². The summed E-state index contributed by atoms with van der Waals surface area (Å²) in [6.45, 7) is 7.28. The van der Waals surface area contributed by atoms with Gasteiger partial charge in [-0.25, -0.2) is 0 Å². The first-order valence-electron chi connectivity index (χ1n) is 7.86. The largest absolute Gasteiger partial charge is 0.338 e. The van der Waals surface area contributed by atoms with Gasteiger partial charge in [-0.2, -0.15) is 0 Å². The smallest absolute Gasteiger partial charge is 0.230 e. The number of hydrogen-bond donors (Lipinski definition) is 1. The molecule has 4 heteroatoms. The van der Waals surface area contributed by atoms with Gasteiger partial charge < -0.3 is 10.2 Å². The Labute approximate surface area is 132 Å². The number of rotatable bonds is 5. The highest BCUT2D eigenvalue weighted by Gasteiger charge is 2.40. The van der Waals surface area contributed by atoms with Crippen LogP contribution in [0, 0.1) is 5.41 Å². The van der Waals surface area contributed by atoms with Crippen LogP contribution < -0.4 is 5.32 Å². The van der Waals surface area contributed by atoms with Gasteiger partial charge in [-0.15, -0.1) is 0 Å². The van der Waals surface area contributed by atoms with Gasteiger partial charge in [0.25, 0.3) is 0 Å². The van der Waals surface area contributed by atoms with Crippen LogP contribution in [0.25, 0.3) is 0 Å². The lowest BCUT2D eigenvalue weighted by Gasteiger charge is -2.39. The molecule has 1 fully saturated rings. The van der Waals surface area contributed by atoms with Crippen molar-refractivity contribution in [2.45, 2.75) is 39.7 Å². The first-order valence-corrected chi connectivity index (χ1v) is 8.24. The summed E-state index contributed by atoms with van der Waals surface area (Å²) < 4.78 is 0. The Kier molecular flexibility index (Phi) is 5.65. The maximum absolute atomic E-state index is 13.0. The van der Waals surface area contributed by atoms with E-state index in [2.05, 4.69) is 12.2 Å². The molecular formula is C17H25ClN2O. The predicted molar refractivity (Wildman–Crippen MR) is 87.4 cm³/mol. The molecule has 21 heavy (non-hydrogen) atoms. The van der Waals surface area contributed by atoms with Crippen molar-refractivity contribution in [1.82, 2.24) is 10.2 Å². The van der Waals surface area contributed by atoms with Gasteiger partial charge in [0.05, 0.1) is 5.41 Å². The number of carbonyl (C=O) groups excluding carboxylic acids is 1. The molecule has 1 N–H and O–H groups in total. The van der Waals surface area contributed by atoms with E-state index in [1.54, 1.807) is 0 Å². The number of amides is 1. The van der Waals surface area contributed by atoms with E-state index in [0.717, 1.165) is 42.9 Å². The van der Waals surface area contributed by atoms with Crippen molar-refractivity contribution in [3.05, 3.63) is 34.9 Å². The molecule has 0 aliphatic carbocycles. The van der Waals surface area contributed by atoms with E-state index in [4.69, 9.17) is 11.6 Å². The molecule has 0 saturated carbocycles. The third-order valence-electron chi connectivity index (χ3n) is 4.59. The Balaban J connectivity index is 2.16. The van der Waals surface area contributed by atoms with E-state index in [0.29, 0.717) is 13.1 Å². The molecular weight excluding hydrogens is 284 g/mol. The van der Waals surface area contributed by atoms with Crippen molar-refractivity contribution >= 4 is 17.5 Å². The van der Waals surface area contributed by atoms with Crippen LogP contribution in [0.4, 0.5) is 0 Å². The van der Waals surface area contributed by atoms with Gasteiger partial charge in [0.2, 0.25) is 5.91 Å². The van der Waals surface area contributed by atoms with Crippen LogP contribution in [0.15, 0.2) is 24.3 Å². The number of hydrogen-bond acceptors (Lipinski definition) is 2. The molecule has 1 aliphatic rings. The van der Waals surface area contributed by atoms with Crippen LogP contribution in [-0.2, 0) is 11.3 Å². The first-order chi connectivity index (χ1) is 10.1. The molecule has 2 rings (SSSR count). The average molecular weight is 309 g/mol. The van der Waals surface area contributed by atoms with Crippen molar-refractivity contribution in [2.24, 2.45) is 5.41 Å². The zero-order valence-electron chi connectivity index (χ0n) is 13.0. The fourth-order valence-corrected chi connectivity index (χ4v) is 3.29. The first kappa shape index (κ1) is 16.3. The lowest BCUT2D eigenvalue weighted by atomic mass is 9.77. The Hall–Kier alpha value is -1.06. The minimum atomic E-state index is -0.241. The van der Waals surface area contributed by atoms with Crippen LogP contribution in [-0.4, -0.2) is 30.4 Å². The molecule has 1 atom stereocenters. The zero-order chi connectivity index (χ0) is 15.3. The standard InChI is InChI=1S/C17H25ClN2O/c1-3-17(10-7-11-19-13-17)16(21)20(4-2)12-14-8-5-6-9-15(14)18/h5-6,8-9,19H,3-4,7,10-13H2,1-2H3. The van der Waals surface area contributed by atoms with Crippen molar-refractivity contribution in [1.29, 1.82) is 0 Å². The monoisotopic (exact) mass is 308 g/mol. The summed E-state index contributed by atoms with van der Waals surface area (Å²) in [6.07, 6.45) is 2.94. The Bertz CT molecular complexity index is 483.